The summed E-state index contributed by atoms with van der Waals surface area (Å²) < 4.78 is 35.3. The van der Waals surface area contributed by atoms with Crippen molar-refractivity contribution >= 4 is 0 Å². The van der Waals surface area contributed by atoms with Crippen molar-refractivity contribution in [1.82, 2.24) is 0 Å². The van der Waals surface area contributed by atoms with Crippen LogP contribution in [0.1, 0.15) is 13.8 Å². The second-order valence-electron chi connectivity index (χ2n) is 2.62. The van der Waals surface area contributed by atoms with Gasteiger partial charge < -0.3 is 5.11 Å². The van der Waals surface area contributed by atoms with Crippen LogP contribution in [0.5, 0.6) is 0 Å². The Morgan fingerprint density at radius 3 is 1.91 bits per heavy atom. The smallest absolute Gasteiger partial charge is 0.383 e. The summed E-state index contributed by atoms with van der Waals surface area (Å²) in [6, 6.07) is 0. The highest BCUT2D eigenvalue weighted by Crippen LogP contribution is 2.28. The molecule has 66 valence electrons. The zero-order valence-electron chi connectivity index (χ0n) is 6.44. The number of rotatable bonds is 2. The fraction of sp³-hybridized carbons (Fsp3) is 0.714. The third kappa shape index (κ3) is 2.93. The quantitative estimate of drug-likeness (QED) is 0.626. The van der Waals surface area contributed by atoms with Gasteiger partial charge in [0.25, 0.3) is 0 Å². The lowest BCUT2D eigenvalue weighted by Crippen LogP contribution is -2.34. The summed E-state index contributed by atoms with van der Waals surface area (Å²) in [5.41, 5.74) is 0.329. The molecule has 0 aliphatic rings. The number of hydrogen-bond donors (Lipinski definition) is 1. The molecular weight excluding hydrogens is 157 g/mol. The zero-order valence-corrected chi connectivity index (χ0v) is 6.44. The van der Waals surface area contributed by atoms with Crippen LogP contribution < -0.4 is 0 Å². The Bertz CT molecular complexity index is 150. The molecule has 0 spiro atoms. The van der Waals surface area contributed by atoms with Crippen molar-refractivity contribution in [3.63, 3.8) is 0 Å². The molecule has 0 amide bonds. The summed E-state index contributed by atoms with van der Waals surface area (Å²) in [5.74, 6) is -0.935. The number of aliphatic hydroxyl groups is 1. The summed E-state index contributed by atoms with van der Waals surface area (Å²) in [4.78, 5) is 0. The van der Waals surface area contributed by atoms with Crippen LogP contribution in [0, 0.1) is 5.92 Å². The third-order valence-corrected chi connectivity index (χ3v) is 1.59. The molecule has 4 heteroatoms. The molecule has 0 rings (SSSR count). The number of alkyl halides is 3. The Labute approximate surface area is 63.5 Å². The average molecular weight is 168 g/mol. The topological polar surface area (TPSA) is 20.2 Å². The Kier molecular flexibility index (Phi) is 3.11. The molecule has 0 unspecified atom stereocenters. The van der Waals surface area contributed by atoms with Gasteiger partial charge in [-0.3, -0.25) is 0 Å². The summed E-state index contributed by atoms with van der Waals surface area (Å²) in [6.45, 7) is 6.08. The van der Waals surface area contributed by atoms with E-state index in [0.717, 1.165) is 0 Å². The molecule has 0 bridgehead atoms. The van der Waals surface area contributed by atoms with Gasteiger partial charge in [-0.2, -0.15) is 13.2 Å². The maximum Gasteiger partial charge on any atom is 0.414 e. The first kappa shape index (κ1) is 10.5. The van der Waals surface area contributed by atoms with Gasteiger partial charge in [-0.15, -0.1) is 0 Å². The van der Waals surface area contributed by atoms with Crippen LogP contribution in [0.25, 0.3) is 0 Å². The average Bonchev–Trinajstić information content (AvgIpc) is 1.82. The van der Waals surface area contributed by atoms with Gasteiger partial charge in [0.15, 0.2) is 6.10 Å². The maximum atomic E-state index is 11.8. The number of hydrogen-bond acceptors (Lipinski definition) is 1. The Morgan fingerprint density at radius 1 is 1.45 bits per heavy atom. The number of aliphatic hydroxyl groups excluding tert-OH is 1. The predicted octanol–water partition coefficient (Wildman–Crippen LogP) is 2.12. The van der Waals surface area contributed by atoms with Crippen LogP contribution in [0.2, 0.25) is 0 Å². The minimum atomic E-state index is -4.54. The Hall–Kier alpha value is -0.510. The van der Waals surface area contributed by atoms with Crippen molar-refractivity contribution in [3.05, 3.63) is 12.2 Å². The van der Waals surface area contributed by atoms with E-state index in [0.29, 0.717) is 5.57 Å². The van der Waals surface area contributed by atoms with Crippen molar-refractivity contribution < 1.29 is 18.3 Å². The van der Waals surface area contributed by atoms with E-state index < -0.39 is 18.2 Å². The van der Waals surface area contributed by atoms with E-state index in [1.54, 1.807) is 0 Å². The molecule has 0 aromatic rings. The standard InChI is InChI=1S/C7H11F3O/c1-4(2)5(3)6(11)7(8,9)10/h5-6,11H,1H2,2-3H3/t5-,6+/m0/s1. The molecular formula is C7H11F3O. The van der Waals surface area contributed by atoms with Gasteiger partial charge in [0.05, 0.1) is 0 Å². The zero-order chi connectivity index (χ0) is 9.23. The molecule has 2 atom stereocenters. The van der Waals surface area contributed by atoms with E-state index in [2.05, 4.69) is 6.58 Å². The van der Waals surface area contributed by atoms with Crippen LogP contribution in [-0.2, 0) is 0 Å². The van der Waals surface area contributed by atoms with Crippen LogP contribution in [0.4, 0.5) is 13.2 Å². The second-order valence-corrected chi connectivity index (χ2v) is 2.62. The lowest BCUT2D eigenvalue weighted by Gasteiger charge is -2.21. The van der Waals surface area contributed by atoms with Gasteiger partial charge in [0.1, 0.15) is 0 Å². The molecule has 1 N–H and O–H groups in total. The van der Waals surface area contributed by atoms with Gasteiger partial charge in [0, 0.05) is 5.92 Å². The number of halogens is 3. The molecule has 0 saturated heterocycles. The molecule has 0 aromatic heterocycles. The molecule has 0 radical (unpaired) electrons. The highest BCUT2D eigenvalue weighted by molar-refractivity contribution is 4.98. The lowest BCUT2D eigenvalue weighted by molar-refractivity contribution is -0.213. The fourth-order valence-electron chi connectivity index (χ4n) is 0.553. The van der Waals surface area contributed by atoms with Gasteiger partial charge in [0.2, 0.25) is 0 Å². The second kappa shape index (κ2) is 3.26. The van der Waals surface area contributed by atoms with Crippen molar-refractivity contribution in [2.24, 2.45) is 5.92 Å². The van der Waals surface area contributed by atoms with Gasteiger partial charge >= 0.3 is 6.18 Å². The van der Waals surface area contributed by atoms with E-state index in [1.807, 2.05) is 0 Å². The van der Waals surface area contributed by atoms with E-state index >= 15 is 0 Å². The van der Waals surface area contributed by atoms with E-state index in [9.17, 15) is 13.2 Å². The molecule has 1 nitrogen and oxygen atoms in total. The van der Waals surface area contributed by atoms with Crippen molar-refractivity contribution in [1.29, 1.82) is 0 Å². The fourth-order valence-corrected chi connectivity index (χ4v) is 0.553. The van der Waals surface area contributed by atoms with Crippen LogP contribution in [0.3, 0.4) is 0 Å². The molecule has 0 fully saturated rings. The summed E-state index contributed by atoms with van der Waals surface area (Å²) in [5, 5.41) is 8.64. The first-order chi connectivity index (χ1) is 4.76. The lowest BCUT2D eigenvalue weighted by atomic mass is 9.97. The van der Waals surface area contributed by atoms with Crippen LogP contribution >= 0.6 is 0 Å². The molecule has 11 heavy (non-hydrogen) atoms. The Morgan fingerprint density at radius 2 is 1.82 bits per heavy atom. The normalized spacial score (nSPS) is 17.6. The maximum absolute atomic E-state index is 11.8. The molecule has 0 aromatic carbocycles. The molecule has 0 aliphatic heterocycles. The summed E-state index contributed by atoms with van der Waals surface area (Å²) >= 11 is 0. The van der Waals surface area contributed by atoms with Crippen LogP contribution in [-0.4, -0.2) is 17.4 Å². The minimum absolute atomic E-state index is 0.329. The highest BCUT2D eigenvalue weighted by atomic mass is 19.4. The van der Waals surface area contributed by atoms with Crippen molar-refractivity contribution in [3.8, 4) is 0 Å². The summed E-state index contributed by atoms with van der Waals surface area (Å²) in [6.07, 6.45) is -6.83. The summed E-state index contributed by atoms with van der Waals surface area (Å²) in [7, 11) is 0. The van der Waals surface area contributed by atoms with Crippen molar-refractivity contribution in [2.75, 3.05) is 0 Å². The van der Waals surface area contributed by atoms with E-state index in [4.69, 9.17) is 5.11 Å². The van der Waals surface area contributed by atoms with E-state index in [1.165, 1.54) is 13.8 Å². The molecule has 0 heterocycles. The van der Waals surface area contributed by atoms with Crippen molar-refractivity contribution in [2.45, 2.75) is 26.1 Å². The molecule has 0 aliphatic carbocycles. The monoisotopic (exact) mass is 168 g/mol. The highest BCUT2D eigenvalue weighted by Gasteiger charge is 2.41. The SMILES string of the molecule is C=C(C)[C@H](C)[C@@H](O)C(F)(F)F. The van der Waals surface area contributed by atoms with Gasteiger partial charge in [-0.25, -0.2) is 0 Å². The minimum Gasteiger partial charge on any atom is -0.383 e. The predicted molar refractivity (Wildman–Crippen MR) is 36.0 cm³/mol. The van der Waals surface area contributed by atoms with E-state index in [-0.39, 0.29) is 0 Å². The van der Waals surface area contributed by atoms with Crippen LogP contribution in [0.15, 0.2) is 12.2 Å². The van der Waals surface area contributed by atoms with Gasteiger partial charge in [-0.1, -0.05) is 19.1 Å². The Balaban J connectivity index is 4.25. The molecule has 0 saturated carbocycles. The first-order valence-electron chi connectivity index (χ1n) is 3.17. The largest absolute Gasteiger partial charge is 0.414 e. The third-order valence-electron chi connectivity index (χ3n) is 1.59. The van der Waals surface area contributed by atoms with Gasteiger partial charge in [-0.05, 0) is 6.92 Å². The first-order valence-corrected chi connectivity index (χ1v) is 3.17.